The summed E-state index contributed by atoms with van der Waals surface area (Å²) in [6.45, 7) is 2.12. The number of hydrogen-bond donors (Lipinski definition) is 1. The zero-order valence-electron chi connectivity index (χ0n) is 13.8. The van der Waals surface area contributed by atoms with Crippen LogP contribution in [0.1, 0.15) is 51.9 Å². The molecule has 2 atom stereocenters. The Bertz CT molecular complexity index is 537. The Labute approximate surface area is 142 Å². The molecular weight excluding hydrogens is 308 g/mol. The van der Waals surface area contributed by atoms with Gasteiger partial charge in [0.1, 0.15) is 6.04 Å². The molecule has 0 spiro atoms. The third-order valence-electron chi connectivity index (χ3n) is 7.28. The minimum atomic E-state index is -0.239. The SMILES string of the molecule is C[C@]12CCC(=O)N1[C@H](C(=O)NC1C3CC4CC(C3)CC1C4)CS2. The highest BCUT2D eigenvalue weighted by Gasteiger charge is 2.54. The fraction of sp³-hybridized carbons (Fsp3) is 0.889. The zero-order valence-corrected chi connectivity index (χ0v) is 14.6. The molecule has 0 aromatic heterocycles. The molecule has 4 aliphatic carbocycles. The molecule has 4 nitrogen and oxygen atoms in total. The monoisotopic (exact) mass is 334 g/mol. The van der Waals surface area contributed by atoms with Gasteiger partial charge >= 0.3 is 0 Å². The molecule has 2 heterocycles. The topological polar surface area (TPSA) is 49.4 Å². The fourth-order valence-electron chi connectivity index (χ4n) is 6.44. The maximum absolute atomic E-state index is 12.9. The van der Waals surface area contributed by atoms with Gasteiger partial charge in [0.15, 0.2) is 0 Å². The van der Waals surface area contributed by atoms with Crippen LogP contribution in [0, 0.1) is 23.7 Å². The standard InChI is InChI=1S/C18H26N2O2S/c1-18-3-2-15(21)20(18)14(9-23-18)17(22)19-16-12-5-10-4-11(7-12)8-13(16)6-10/h10-14,16H,2-9H2,1H3,(H,19,22)/t10?,11?,12?,13?,14-,16?,18-/m0/s1. The lowest BCUT2D eigenvalue weighted by molar-refractivity contribution is -0.139. The Morgan fingerprint density at radius 1 is 1.17 bits per heavy atom. The first-order chi connectivity index (χ1) is 11.0. The Hall–Kier alpha value is -0.710. The predicted molar refractivity (Wildman–Crippen MR) is 89.7 cm³/mol. The summed E-state index contributed by atoms with van der Waals surface area (Å²) in [6.07, 6.45) is 8.20. The van der Waals surface area contributed by atoms with E-state index in [1.54, 1.807) is 11.8 Å². The van der Waals surface area contributed by atoms with Gasteiger partial charge in [-0.25, -0.2) is 0 Å². The molecular formula is C18H26N2O2S. The molecule has 2 saturated heterocycles. The van der Waals surface area contributed by atoms with Crippen LogP contribution in [-0.4, -0.2) is 39.4 Å². The van der Waals surface area contributed by atoms with E-state index >= 15 is 0 Å². The number of amides is 2. The smallest absolute Gasteiger partial charge is 0.243 e. The van der Waals surface area contributed by atoms with Crippen LogP contribution in [0.3, 0.4) is 0 Å². The molecule has 2 amide bonds. The summed E-state index contributed by atoms with van der Waals surface area (Å²) >= 11 is 1.79. The molecule has 4 bridgehead atoms. The summed E-state index contributed by atoms with van der Waals surface area (Å²) in [5.74, 6) is 4.31. The summed E-state index contributed by atoms with van der Waals surface area (Å²) in [5, 5.41) is 3.41. The van der Waals surface area contributed by atoms with Crippen LogP contribution < -0.4 is 5.32 Å². The van der Waals surface area contributed by atoms with Crippen LogP contribution in [0.5, 0.6) is 0 Å². The van der Waals surface area contributed by atoms with Crippen molar-refractivity contribution in [2.45, 2.75) is 68.8 Å². The van der Waals surface area contributed by atoms with E-state index in [2.05, 4.69) is 12.2 Å². The number of thioether (sulfide) groups is 1. The molecule has 5 heteroatoms. The van der Waals surface area contributed by atoms with Gasteiger partial charge in [-0.1, -0.05) is 0 Å². The summed E-state index contributed by atoms with van der Waals surface area (Å²) in [6, 6.07) is 0.141. The number of rotatable bonds is 2. The van der Waals surface area contributed by atoms with Crippen molar-refractivity contribution in [3.8, 4) is 0 Å². The molecule has 0 radical (unpaired) electrons. The number of carbonyl (C=O) groups is 2. The summed E-state index contributed by atoms with van der Waals surface area (Å²) in [4.78, 5) is 27.0. The van der Waals surface area contributed by atoms with Crippen molar-refractivity contribution in [1.29, 1.82) is 0 Å². The zero-order chi connectivity index (χ0) is 15.8. The number of carbonyl (C=O) groups excluding carboxylic acids is 2. The van der Waals surface area contributed by atoms with Crippen LogP contribution in [0.25, 0.3) is 0 Å². The fourth-order valence-corrected chi connectivity index (χ4v) is 7.87. The lowest BCUT2D eigenvalue weighted by Gasteiger charge is -2.54. The van der Waals surface area contributed by atoms with Crippen LogP contribution in [-0.2, 0) is 9.59 Å². The Kier molecular flexibility index (Phi) is 3.11. The highest BCUT2D eigenvalue weighted by Crippen LogP contribution is 2.54. The van der Waals surface area contributed by atoms with Gasteiger partial charge in [0.25, 0.3) is 0 Å². The first kappa shape index (κ1) is 14.6. The van der Waals surface area contributed by atoms with Gasteiger partial charge in [-0.15, -0.1) is 11.8 Å². The van der Waals surface area contributed by atoms with E-state index in [-0.39, 0.29) is 22.7 Å². The second-order valence-electron chi connectivity index (χ2n) is 8.73. The van der Waals surface area contributed by atoms with Crippen molar-refractivity contribution < 1.29 is 9.59 Å². The van der Waals surface area contributed by atoms with Crippen LogP contribution >= 0.6 is 11.8 Å². The second-order valence-corrected chi connectivity index (χ2v) is 10.2. The van der Waals surface area contributed by atoms with Crippen LogP contribution in [0.15, 0.2) is 0 Å². The van der Waals surface area contributed by atoms with E-state index in [0.717, 1.165) is 24.0 Å². The van der Waals surface area contributed by atoms with Gasteiger partial charge < -0.3 is 10.2 Å². The van der Waals surface area contributed by atoms with Crippen LogP contribution in [0.2, 0.25) is 0 Å². The first-order valence-corrected chi connectivity index (χ1v) is 10.3. The molecule has 4 saturated carbocycles. The van der Waals surface area contributed by atoms with E-state index in [4.69, 9.17) is 0 Å². The molecule has 6 fully saturated rings. The third-order valence-corrected chi connectivity index (χ3v) is 8.79. The molecule has 2 aliphatic heterocycles. The number of fused-ring (bicyclic) bond motifs is 1. The van der Waals surface area contributed by atoms with Crippen molar-refractivity contribution in [3.05, 3.63) is 0 Å². The number of nitrogens with zero attached hydrogens (tertiary/aromatic N) is 1. The van der Waals surface area contributed by atoms with E-state index < -0.39 is 0 Å². The number of hydrogen-bond acceptors (Lipinski definition) is 3. The molecule has 23 heavy (non-hydrogen) atoms. The van der Waals surface area contributed by atoms with Crippen molar-refractivity contribution in [3.63, 3.8) is 0 Å². The highest BCUT2D eigenvalue weighted by molar-refractivity contribution is 8.01. The predicted octanol–water partition coefficient (Wildman–Crippen LogP) is 2.38. The summed E-state index contributed by atoms with van der Waals surface area (Å²) in [5.41, 5.74) is 0. The average molecular weight is 334 g/mol. The van der Waals surface area contributed by atoms with Crippen molar-refractivity contribution in [2.24, 2.45) is 23.7 Å². The van der Waals surface area contributed by atoms with E-state index in [0.29, 0.717) is 24.3 Å². The molecule has 6 aliphatic rings. The van der Waals surface area contributed by atoms with E-state index in [1.807, 2.05) is 4.90 Å². The second kappa shape index (κ2) is 4.90. The van der Waals surface area contributed by atoms with Gasteiger partial charge in [0, 0.05) is 18.2 Å². The molecule has 6 rings (SSSR count). The Morgan fingerprint density at radius 2 is 1.83 bits per heavy atom. The van der Waals surface area contributed by atoms with Gasteiger partial charge in [0.2, 0.25) is 11.8 Å². The van der Waals surface area contributed by atoms with Crippen LogP contribution in [0.4, 0.5) is 0 Å². The third kappa shape index (κ3) is 2.11. The maximum Gasteiger partial charge on any atom is 0.243 e. The average Bonchev–Trinajstić information content (AvgIpc) is 2.99. The normalized spacial score (nSPS) is 50.5. The lowest BCUT2D eigenvalue weighted by atomic mass is 9.54. The molecule has 0 unspecified atom stereocenters. The minimum absolute atomic E-state index is 0.119. The minimum Gasteiger partial charge on any atom is -0.351 e. The van der Waals surface area contributed by atoms with Crippen molar-refractivity contribution in [2.75, 3.05) is 5.75 Å². The summed E-state index contributed by atoms with van der Waals surface area (Å²) < 4.78 is 0. The maximum atomic E-state index is 12.9. The Balaban J connectivity index is 1.32. The van der Waals surface area contributed by atoms with Gasteiger partial charge in [-0.2, -0.15) is 0 Å². The van der Waals surface area contributed by atoms with E-state index in [9.17, 15) is 9.59 Å². The number of nitrogens with one attached hydrogen (secondary N) is 1. The molecule has 0 aromatic rings. The summed E-state index contributed by atoms with van der Waals surface area (Å²) in [7, 11) is 0. The van der Waals surface area contributed by atoms with Gasteiger partial charge in [-0.05, 0) is 69.1 Å². The van der Waals surface area contributed by atoms with Crippen molar-refractivity contribution in [1.82, 2.24) is 10.2 Å². The largest absolute Gasteiger partial charge is 0.351 e. The quantitative estimate of drug-likeness (QED) is 0.843. The van der Waals surface area contributed by atoms with Crippen molar-refractivity contribution >= 4 is 23.6 Å². The molecule has 0 aromatic carbocycles. The van der Waals surface area contributed by atoms with Gasteiger partial charge in [-0.3, -0.25) is 9.59 Å². The van der Waals surface area contributed by atoms with Gasteiger partial charge in [0.05, 0.1) is 4.87 Å². The first-order valence-electron chi connectivity index (χ1n) is 9.30. The lowest BCUT2D eigenvalue weighted by Crippen LogP contribution is -2.59. The van der Waals surface area contributed by atoms with E-state index in [1.165, 1.54) is 32.1 Å². The molecule has 1 N–H and O–H groups in total. The molecule has 126 valence electrons. The Morgan fingerprint density at radius 3 is 2.48 bits per heavy atom. The highest BCUT2D eigenvalue weighted by atomic mass is 32.2.